The van der Waals surface area contributed by atoms with Crippen molar-refractivity contribution >= 4 is 23.3 Å². The average Bonchev–Trinajstić information content (AvgIpc) is 3.27. The lowest BCUT2D eigenvalue weighted by Gasteiger charge is -2.19. The van der Waals surface area contributed by atoms with Gasteiger partial charge >= 0.3 is 0 Å². The van der Waals surface area contributed by atoms with Crippen LogP contribution in [0.15, 0.2) is 76.7 Å². The van der Waals surface area contributed by atoms with Crippen molar-refractivity contribution in [3.05, 3.63) is 88.5 Å². The molecule has 0 aliphatic rings. The highest BCUT2D eigenvalue weighted by Crippen LogP contribution is 2.15. The molecule has 0 radical (unpaired) electrons. The van der Waals surface area contributed by atoms with Crippen LogP contribution in [0.2, 0.25) is 0 Å². The fourth-order valence-electron chi connectivity index (χ4n) is 2.23. The zero-order valence-corrected chi connectivity index (χ0v) is 13.4. The molecule has 0 saturated heterocycles. The molecule has 0 aliphatic heterocycles. The summed E-state index contributed by atoms with van der Waals surface area (Å²) >= 11 is 1.65. The van der Waals surface area contributed by atoms with Crippen molar-refractivity contribution in [2.75, 3.05) is 0 Å². The van der Waals surface area contributed by atoms with Gasteiger partial charge in [0.25, 0.3) is 0 Å². The maximum atomic E-state index is 12.6. The van der Waals surface area contributed by atoms with Crippen LogP contribution in [0, 0.1) is 0 Å². The highest BCUT2D eigenvalue weighted by Gasteiger charge is 2.14. The lowest BCUT2D eigenvalue weighted by atomic mass is 10.2. The predicted octanol–water partition coefficient (Wildman–Crippen LogP) is 4.58. The van der Waals surface area contributed by atoms with Crippen LogP contribution >= 0.6 is 11.3 Å². The maximum Gasteiger partial charge on any atom is 0.247 e. The van der Waals surface area contributed by atoms with E-state index in [9.17, 15) is 4.79 Å². The Morgan fingerprint density at radius 2 is 1.91 bits per heavy atom. The van der Waals surface area contributed by atoms with Crippen LogP contribution in [0.4, 0.5) is 0 Å². The monoisotopic (exact) mass is 323 g/mol. The number of furan rings is 1. The first kappa shape index (κ1) is 15.3. The van der Waals surface area contributed by atoms with Gasteiger partial charge in [0.15, 0.2) is 0 Å². The fraction of sp³-hybridized carbons (Fsp3) is 0.105. The van der Waals surface area contributed by atoms with Gasteiger partial charge in [-0.15, -0.1) is 11.3 Å². The molecule has 0 N–H and O–H groups in total. The Morgan fingerprint density at radius 3 is 2.61 bits per heavy atom. The smallest absolute Gasteiger partial charge is 0.247 e. The minimum Gasteiger partial charge on any atom is -0.467 e. The predicted molar refractivity (Wildman–Crippen MR) is 92.8 cm³/mol. The molecule has 0 aliphatic carbocycles. The maximum absolute atomic E-state index is 12.6. The van der Waals surface area contributed by atoms with Gasteiger partial charge < -0.3 is 9.32 Å². The molecule has 0 fully saturated rings. The summed E-state index contributed by atoms with van der Waals surface area (Å²) in [6.07, 6.45) is 5.08. The topological polar surface area (TPSA) is 33.5 Å². The molecule has 0 saturated carbocycles. The minimum atomic E-state index is -0.0290. The number of thiophene rings is 1. The van der Waals surface area contributed by atoms with E-state index < -0.39 is 0 Å². The molecule has 3 aromatic rings. The summed E-state index contributed by atoms with van der Waals surface area (Å²) in [5.41, 5.74) is 1.01. The Bertz CT molecular complexity index is 710. The van der Waals surface area contributed by atoms with Crippen LogP contribution in [0.1, 0.15) is 16.2 Å². The molecule has 0 unspecified atom stereocenters. The summed E-state index contributed by atoms with van der Waals surface area (Å²) < 4.78 is 5.38. The second-order valence-corrected chi connectivity index (χ2v) is 6.13. The van der Waals surface area contributed by atoms with Crippen LogP contribution in [0.3, 0.4) is 0 Å². The van der Waals surface area contributed by atoms with Gasteiger partial charge in [-0.3, -0.25) is 4.79 Å². The molecule has 2 aromatic heterocycles. The van der Waals surface area contributed by atoms with Crippen LogP contribution in [-0.4, -0.2) is 10.8 Å². The minimum absolute atomic E-state index is 0.0290. The van der Waals surface area contributed by atoms with Gasteiger partial charge in [-0.1, -0.05) is 36.4 Å². The fourth-order valence-corrected chi connectivity index (χ4v) is 2.95. The van der Waals surface area contributed by atoms with Crippen LogP contribution < -0.4 is 0 Å². The first-order valence-corrected chi connectivity index (χ1v) is 8.26. The second-order valence-electron chi connectivity index (χ2n) is 5.10. The summed E-state index contributed by atoms with van der Waals surface area (Å²) in [7, 11) is 0. The molecule has 3 rings (SSSR count). The summed E-state index contributed by atoms with van der Waals surface area (Å²) in [4.78, 5) is 15.5. The average molecular weight is 323 g/mol. The SMILES string of the molecule is O=C(C=Cc1ccccc1)N(Cc1ccco1)Cc1cccs1. The van der Waals surface area contributed by atoms with Crippen molar-refractivity contribution in [3.63, 3.8) is 0 Å². The number of rotatable bonds is 6. The molecule has 116 valence electrons. The second kappa shape index (κ2) is 7.61. The summed E-state index contributed by atoms with van der Waals surface area (Å²) in [6.45, 7) is 1.04. The number of amides is 1. The largest absolute Gasteiger partial charge is 0.467 e. The molecule has 23 heavy (non-hydrogen) atoms. The third kappa shape index (κ3) is 4.44. The van der Waals surface area contributed by atoms with Crippen LogP contribution in [-0.2, 0) is 17.9 Å². The van der Waals surface area contributed by atoms with E-state index in [1.54, 1.807) is 28.6 Å². The van der Waals surface area contributed by atoms with E-state index in [0.717, 1.165) is 16.2 Å². The van der Waals surface area contributed by atoms with Gasteiger partial charge in [0.05, 0.1) is 19.4 Å². The van der Waals surface area contributed by atoms with E-state index >= 15 is 0 Å². The van der Waals surface area contributed by atoms with Gasteiger partial charge in [0.1, 0.15) is 5.76 Å². The summed E-state index contributed by atoms with van der Waals surface area (Å²) in [5, 5.41) is 2.02. The number of nitrogens with zero attached hydrogens (tertiary/aromatic N) is 1. The zero-order chi connectivity index (χ0) is 15.9. The highest BCUT2D eigenvalue weighted by atomic mass is 32.1. The van der Waals surface area contributed by atoms with E-state index in [2.05, 4.69) is 0 Å². The van der Waals surface area contributed by atoms with Crippen molar-refractivity contribution in [3.8, 4) is 0 Å². The molecule has 2 heterocycles. The first-order chi connectivity index (χ1) is 11.3. The van der Waals surface area contributed by atoms with Crippen LogP contribution in [0.5, 0.6) is 0 Å². The molecule has 4 heteroatoms. The zero-order valence-electron chi connectivity index (χ0n) is 12.6. The van der Waals surface area contributed by atoms with Crippen molar-refractivity contribution in [2.24, 2.45) is 0 Å². The number of hydrogen-bond donors (Lipinski definition) is 0. The van der Waals surface area contributed by atoms with E-state index in [1.807, 2.05) is 66.1 Å². The normalized spacial score (nSPS) is 11.0. The van der Waals surface area contributed by atoms with E-state index in [1.165, 1.54) is 0 Å². The molecular formula is C19H17NO2S. The molecule has 0 bridgehead atoms. The lowest BCUT2D eigenvalue weighted by molar-refractivity contribution is -0.127. The van der Waals surface area contributed by atoms with Gasteiger partial charge in [0.2, 0.25) is 5.91 Å². The Morgan fingerprint density at radius 1 is 1.04 bits per heavy atom. The van der Waals surface area contributed by atoms with Crippen LogP contribution in [0.25, 0.3) is 6.08 Å². The van der Waals surface area contributed by atoms with E-state index in [0.29, 0.717) is 13.1 Å². The summed E-state index contributed by atoms with van der Waals surface area (Å²) in [6, 6.07) is 17.6. The van der Waals surface area contributed by atoms with Crippen molar-refractivity contribution in [1.82, 2.24) is 4.90 Å². The Labute approximate surface area is 139 Å². The van der Waals surface area contributed by atoms with E-state index in [4.69, 9.17) is 4.42 Å². The molecular weight excluding hydrogens is 306 g/mol. The van der Waals surface area contributed by atoms with Gasteiger partial charge in [-0.25, -0.2) is 0 Å². The van der Waals surface area contributed by atoms with Gasteiger partial charge in [-0.05, 0) is 35.2 Å². The quantitative estimate of drug-likeness (QED) is 0.622. The molecule has 3 nitrogen and oxygen atoms in total. The molecule has 0 spiro atoms. The Kier molecular flexibility index (Phi) is 5.06. The Balaban J connectivity index is 1.73. The van der Waals surface area contributed by atoms with Gasteiger partial charge in [0, 0.05) is 11.0 Å². The number of hydrogen-bond acceptors (Lipinski definition) is 3. The number of carbonyl (C=O) groups excluding carboxylic acids is 1. The summed E-state index contributed by atoms with van der Waals surface area (Å²) in [5.74, 6) is 0.752. The van der Waals surface area contributed by atoms with Crippen molar-refractivity contribution in [2.45, 2.75) is 13.1 Å². The van der Waals surface area contributed by atoms with Crippen molar-refractivity contribution in [1.29, 1.82) is 0 Å². The molecule has 1 amide bonds. The standard InChI is InChI=1S/C19H17NO2S/c21-19(11-10-16-6-2-1-3-7-16)20(14-17-8-4-12-22-17)15-18-9-5-13-23-18/h1-13H,14-15H2. The lowest BCUT2D eigenvalue weighted by Crippen LogP contribution is -2.27. The van der Waals surface area contributed by atoms with Crippen molar-refractivity contribution < 1.29 is 9.21 Å². The number of benzene rings is 1. The highest BCUT2D eigenvalue weighted by molar-refractivity contribution is 7.09. The molecule has 1 aromatic carbocycles. The third-order valence-corrected chi connectivity index (χ3v) is 4.24. The third-order valence-electron chi connectivity index (χ3n) is 3.38. The van der Waals surface area contributed by atoms with E-state index in [-0.39, 0.29) is 5.91 Å². The molecule has 0 atom stereocenters. The van der Waals surface area contributed by atoms with Gasteiger partial charge in [-0.2, -0.15) is 0 Å². The Hall–Kier alpha value is -2.59. The first-order valence-electron chi connectivity index (χ1n) is 7.38. The number of carbonyl (C=O) groups is 1.